The maximum Gasteiger partial charge on any atom is 0.151 e. The van der Waals surface area contributed by atoms with Gasteiger partial charge in [0.1, 0.15) is 25.9 Å². The Kier molecular flexibility index (Phi) is 6.51. The third-order valence-electron chi connectivity index (χ3n) is 4.87. The van der Waals surface area contributed by atoms with Gasteiger partial charge in [0.15, 0.2) is 5.75 Å². The lowest BCUT2D eigenvalue weighted by Gasteiger charge is -2.13. The molecular weight excluding hydrogens is 510 g/mol. The van der Waals surface area contributed by atoms with Crippen LogP contribution in [0.3, 0.4) is 0 Å². The van der Waals surface area contributed by atoms with E-state index in [1.807, 2.05) is 0 Å². The maximum atomic E-state index is 11.7. The molecule has 4 rings (SSSR count). The first-order valence-corrected chi connectivity index (χ1v) is 12.7. The Morgan fingerprint density at radius 2 is 1.14 bits per heavy atom. The van der Waals surface area contributed by atoms with Crippen LogP contribution in [0.2, 0.25) is 0 Å². The molecule has 0 fully saturated rings. The van der Waals surface area contributed by atoms with Crippen LogP contribution in [-0.4, -0.2) is 31.0 Å². The summed E-state index contributed by atoms with van der Waals surface area (Å²) in [4.78, 5) is -0.946. The van der Waals surface area contributed by atoms with Gasteiger partial charge in [-0.1, -0.05) is 6.07 Å². The molecule has 0 saturated carbocycles. The second-order valence-electron chi connectivity index (χ2n) is 7.37. The Labute approximate surface area is 205 Å². The standard InChI is InChI=1S/C22H17N5O7S2/c23-13-1-10-18-19(11-13)22(28)20(12-21(18)36(32,33)34)27-26-15-4-2-14(3-5-15)24-25-16-6-8-17(9-7-16)35(29,30)31/h1-12,28H,23H2,(H,29,30,31)(H,32,33,34)/p-2. The van der Waals surface area contributed by atoms with Crippen LogP contribution in [0.5, 0.6) is 5.75 Å². The molecule has 0 saturated heterocycles. The molecule has 0 unspecified atom stereocenters. The SMILES string of the molecule is Nc1ccc2c(S(=O)(=O)[O-])cc(N=Nc3ccc(N=Nc4ccc(S(=O)(=O)[O-])cc4)cc3)c(O)c2c1. The van der Waals surface area contributed by atoms with Crippen LogP contribution in [0.1, 0.15) is 0 Å². The molecule has 0 amide bonds. The summed E-state index contributed by atoms with van der Waals surface area (Å²) in [7, 11) is -9.43. The minimum absolute atomic E-state index is 0.00894. The van der Waals surface area contributed by atoms with Crippen LogP contribution >= 0.6 is 0 Å². The lowest BCUT2D eigenvalue weighted by atomic mass is 10.1. The molecule has 0 aromatic heterocycles. The number of phenols is 1. The Morgan fingerprint density at radius 3 is 1.64 bits per heavy atom. The number of nitrogens with two attached hydrogens (primary N) is 1. The van der Waals surface area contributed by atoms with Gasteiger partial charge < -0.3 is 19.9 Å². The molecular formula is C22H15N5O7S2-2. The molecule has 0 spiro atoms. The van der Waals surface area contributed by atoms with Crippen LogP contribution < -0.4 is 5.73 Å². The highest BCUT2D eigenvalue weighted by Crippen LogP contribution is 2.40. The van der Waals surface area contributed by atoms with Crippen molar-refractivity contribution in [2.24, 2.45) is 20.5 Å². The number of nitrogen functional groups attached to an aromatic ring is 1. The minimum Gasteiger partial charge on any atom is -0.744 e. The van der Waals surface area contributed by atoms with Crippen molar-refractivity contribution >= 4 is 59.4 Å². The van der Waals surface area contributed by atoms with Crippen molar-refractivity contribution in [1.29, 1.82) is 0 Å². The summed E-state index contributed by atoms with van der Waals surface area (Å²) in [6.07, 6.45) is 0. The average molecular weight is 526 g/mol. The number of hydrogen-bond donors (Lipinski definition) is 2. The molecule has 184 valence electrons. The molecule has 0 heterocycles. The number of benzene rings is 4. The van der Waals surface area contributed by atoms with E-state index in [2.05, 4.69) is 20.5 Å². The molecule has 0 aliphatic rings. The molecule has 0 bridgehead atoms. The summed E-state index contributed by atoms with van der Waals surface area (Å²) < 4.78 is 68.1. The fraction of sp³-hybridized carbons (Fsp3) is 0. The highest BCUT2D eigenvalue weighted by molar-refractivity contribution is 7.86. The molecule has 14 heteroatoms. The van der Waals surface area contributed by atoms with Gasteiger partial charge in [0.05, 0.1) is 26.9 Å². The number of phenolic OH excluding ortho intramolecular Hbond substituents is 1. The van der Waals surface area contributed by atoms with E-state index in [9.17, 15) is 31.0 Å². The number of anilines is 1. The molecule has 36 heavy (non-hydrogen) atoms. The van der Waals surface area contributed by atoms with Crippen LogP contribution in [0.25, 0.3) is 10.8 Å². The first-order chi connectivity index (χ1) is 16.9. The third kappa shape index (κ3) is 5.52. The Bertz CT molecular complexity index is 1730. The zero-order chi connectivity index (χ0) is 26.1. The van der Waals surface area contributed by atoms with Gasteiger partial charge >= 0.3 is 0 Å². The van der Waals surface area contributed by atoms with Crippen molar-refractivity contribution < 1.29 is 31.0 Å². The fourth-order valence-corrected chi connectivity index (χ4v) is 4.33. The number of aromatic hydroxyl groups is 1. The molecule has 0 aliphatic heterocycles. The highest BCUT2D eigenvalue weighted by atomic mass is 32.2. The number of azo groups is 2. The highest BCUT2D eigenvalue weighted by Gasteiger charge is 2.16. The summed E-state index contributed by atoms with van der Waals surface area (Å²) in [5.41, 5.74) is 6.78. The van der Waals surface area contributed by atoms with Gasteiger partial charge in [-0.3, -0.25) is 0 Å². The molecule has 4 aromatic rings. The lowest BCUT2D eigenvalue weighted by Crippen LogP contribution is -2.00. The van der Waals surface area contributed by atoms with Gasteiger partial charge in [-0.2, -0.15) is 15.3 Å². The maximum absolute atomic E-state index is 11.7. The topological polar surface area (TPSA) is 210 Å². The fourth-order valence-electron chi connectivity index (χ4n) is 3.16. The second-order valence-corrected chi connectivity index (χ2v) is 10.1. The minimum atomic E-state index is -4.88. The first kappa shape index (κ1) is 24.9. The monoisotopic (exact) mass is 525 g/mol. The summed E-state index contributed by atoms with van der Waals surface area (Å²) in [5, 5.41) is 26.4. The van der Waals surface area contributed by atoms with Crippen LogP contribution in [0.4, 0.5) is 28.4 Å². The van der Waals surface area contributed by atoms with Gasteiger partial charge in [-0.15, -0.1) is 5.11 Å². The predicted molar refractivity (Wildman–Crippen MR) is 127 cm³/mol. The van der Waals surface area contributed by atoms with Crippen molar-refractivity contribution in [1.82, 2.24) is 0 Å². The smallest absolute Gasteiger partial charge is 0.151 e. The van der Waals surface area contributed by atoms with Crippen molar-refractivity contribution in [2.45, 2.75) is 9.79 Å². The van der Waals surface area contributed by atoms with Gasteiger partial charge in [0.2, 0.25) is 0 Å². The number of rotatable bonds is 6. The van der Waals surface area contributed by atoms with Crippen LogP contribution in [0, 0.1) is 0 Å². The van der Waals surface area contributed by atoms with Gasteiger partial charge in [0, 0.05) is 16.5 Å². The van der Waals surface area contributed by atoms with E-state index in [4.69, 9.17) is 5.73 Å². The third-order valence-corrected chi connectivity index (χ3v) is 6.60. The van der Waals surface area contributed by atoms with Crippen molar-refractivity contribution in [3.05, 3.63) is 72.8 Å². The molecule has 4 aromatic carbocycles. The van der Waals surface area contributed by atoms with E-state index in [0.717, 1.165) is 18.2 Å². The van der Waals surface area contributed by atoms with Crippen molar-refractivity contribution in [3.63, 3.8) is 0 Å². The summed E-state index contributed by atoms with van der Waals surface area (Å²) in [5.74, 6) is -0.394. The zero-order valence-corrected chi connectivity index (χ0v) is 19.6. The average Bonchev–Trinajstić information content (AvgIpc) is 2.82. The van der Waals surface area contributed by atoms with Crippen LogP contribution in [0.15, 0.2) is 103 Å². The number of nitrogens with zero attached hydrogens (tertiary/aromatic N) is 4. The Balaban J connectivity index is 1.58. The van der Waals surface area contributed by atoms with Crippen molar-refractivity contribution in [3.8, 4) is 5.75 Å². The predicted octanol–water partition coefficient (Wildman–Crippen LogP) is 4.77. The Morgan fingerprint density at radius 1 is 0.639 bits per heavy atom. The number of hydrogen-bond acceptors (Lipinski definition) is 12. The number of fused-ring (bicyclic) bond motifs is 1. The van der Waals surface area contributed by atoms with E-state index < -0.39 is 30.9 Å². The van der Waals surface area contributed by atoms with E-state index in [0.29, 0.717) is 17.1 Å². The van der Waals surface area contributed by atoms with E-state index in [1.54, 1.807) is 12.1 Å². The molecule has 0 atom stereocenters. The summed E-state index contributed by atoms with van der Waals surface area (Å²) in [6.45, 7) is 0. The van der Waals surface area contributed by atoms with E-state index in [1.165, 1.54) is 42.5 Å². The van der Waals surface area contributed by atoms with Crippen LogP contribution in [-0.2, 0) is 20.2 Å². The first-order valence-electron chi connectivity index (χ1n) is 9.92. The van der Waals surface area contributed by atoms with Gasteiger partial charge in [-0.05, 0) is 66.7 Å². The summed E-state index contributed by atoms with van der Waals surface area (Å²) >= 11 is 0. The molecule has 0 aliphatic carbocycles. The molecule has 3 N–H and O–H groups in total. The molecule has 12 nitrogen and oxygen atoms in total. The zero-order valence-electron chi connectivity index (χ0n) is 18.0. The summed E-state index contributed by atoms with van der Waals surface area (Å²) in [6, 6.07) is 16.0. The van der Waals surface area contributed by atoms with E-state index >= 15 is 0 Å². The van der Waals surface area contributed by atoms with E-state index in [-0.39, 0.29) is 27.0 Å². The lowest BCUT2D eigenvalue weighted by molar-refractivity contribution is 0.461. The van der Waals surface area contributed by atoms with Gasteiger partial charge in [0.25, 0.3) is 0 Å². The normalized spacial score (nSPS) is 12.6. The van der Waals surface area contributed by atoms with Crippen molar-refractivity contribution in [2.75, 3.05) is 5.73 Å². The van der Waals surface area contributed by atoms with Gasteiger partial charge in [-0.25, -0.2) is 16.8 Å². The largest absolute Gasteiger partial charge is 0.744 e. The molecule has 0 radical (unpaired) electrons. The quantitative estimate of drug-likeness (QED) is 0.203. The second kappa shape index (κ2) is 9.43. The Hall–Kier alpha value is -4.24.